The van der Waals surface area contributed by atoms with E-state index in [1.807, 2.05) is 24.3 Å². The van der Waals surface area contributed by atoms with Crippen LogP contribution >= 0.6 is 31.9 Å². The minimum Gasteiger partial charge on any atom is -0.457 e. The molecule has 0 aliphatic carbocycles. The van der Waals surface area contributed by atoms with Gasteiger partial charge in [-0.25, -0.2) is 0 Å². The van der Waals surface area contributed by atoms with Crippen molar-refractivity contribution in [2.24, 2.45) is 0 Å². The molecule has 0 aliphatic heterocycles. The molecule has 0 aliphatic rings. The Hall–Kier alpha value is -0.800. The van der Waals surface area contributed by atoms with Crippen molar-refractivity contribution in [3.05, 3.63) is 58.1 Å². The topological polar surface area (TPSA) is 9.23 Å². The van der Waals surface area contributed by atoms with Gasteiger partial charge in [0.15, 0.2) is 0 Å². The van der Waals surface area contributed by atoms with Crippen molar-refractivity contribution in [3.63, 3.8) is 0 Å². The van der Waals surface area contributed by atoms with Crippen LogP contribution in [0.15, 0.2) is 46.9 Å². The summed E-state index contributed by atoms with van der Waals surface area (Å²) in [6.45, 7) is 2.22. The molecule has 0 unspecified atom stereocenters. The number of halogens is 2. The highest BCUT2D eigenvalue weighted by Gasteiger charge is 2.05. The monoisotopic (exact) mass is 396 g/mol. The minimum atomic E-state index is 0.774. The molecule has 0 radical (unpaired) electrons. The van der Waals surface area contributed by atoms with Crippen LogP contribution in [0.1, 0.15) is 30.9 Å². The summed E-state index contributed by atoms with van der Waals surface area (Å²) in [6.07, 6.45) is 3.61. The first-order chi connectivity index (χ1) is 9.72. The highest BCUT2D eigenvalue weighted by atomic mass is 79.9. The molecule has 0 saturated heterocycles. The summed E-state index contributed by atoms with van der Waals surface area (Å²) >= 11 is 6.97. The van der Waals surface area contributed by atoms with Crippen molar-refractivity contribution in [1.82, 2.24) is 0 Å². The fourth-order valence-electron chi connectivity index (χ4n) is 1.98. The van der Waals surface area contributed by atoms with Gasteiger partial charge in [-0.1, -0.05) is 57.3 Å². The van der Waals surface area contributed by atoms with E-state index in [2.05, 4.69) is 57.0 Å². The lowest BCUT2D eigenvalue weighted by molar-refractivity contribution is 0.478. The summed E-state index contributed by atoms with van der Waals surface area (Å²) in [6, 6.07) is 14.5. The fourth-order valence-corrected chi connectivity index (χ4v) is 2.83. The van der Waals surface area contributed by atoms with Gasteiger partial charge in [-0.3, -0.25) is 0 Å². The number of hydrogen-bond acceptors (Lipinski definition) is 1. The lowest BCUT2D eigenvalue weighted by Gasteiger charge is -2.10. The van der Waals surface area contributed by atoms with Gasteiger partial charge in [-0.2, -0.15) is 0 Å². The number of ether oxygens (including phenoxy) is 1. The molecular weight excluding hydrogens is 380 g/mol. The SMILES string of the molecule is CCCCc1ccc(Oc2ccc(Br)cc2CBr)cc1. The number of rotatable bonds is 6. The van der Waals surface area contributed by atoms with Gasteiger partial charge in [-0.05, 0) is 48.7 Å². The summed E-state index contributed by atoms with van der Waals surface area (Å²) < 4.78 is 7.03. The Morgan fingerprint density at radius 3 is 2.45 bits per heavy atom. The summed E-state index contributed by atoms with van der Waals surface area (Å²) in [5.74, 6) is 1.78. The van der Waals surface area contributed by atoms with Gasteiger partial charge < -0.3 is 4.74 Å². The van der Waals surface area contributed by atoms with Crippen LogP contribution in [-0.4, -0.2) is 0 Å². The number of alkyl halides is 1. The maximum atomic E-state index is 5.96. The lowest BCUT2D eigenvalue weighted by atomic mass is 10.1. The predicted molar refractivity (Wildman–Crippen MR) is 91.9 cm³/mol. The third kappa shape index (κ3) is 4.35. The highest BCUT2D eigenvalue weighted by Crippen LogP contribution is 2.29. The Morgan fingerprint density at radius 1 is 1.05 bits per heavy atom. The molecule has 0 aromatic heterocycles. The molecule has 3 heteroatoms. The Bertz CT molecular complexity index is 549. The first-order valence-electron chi connectivity index (χ1n) is 6.84. The molecule has 1 nitrogen and oxygen atoms in total. The number of unbranched alkanes of at least 4 members (excludes halogenated alkanes) is 1. The molecular formula is C17H18Br2O. The van der Waals surface area contributed by atoms with Gasteiger partial charge in [0.05, 0.1) is 0 Å². The quantitative estimate of drug-likeness (QED) is 0.507. The summed E-state index contributed by atoms with van der Waals surface area (Å²) in [4.78, 5) is 0. The molecule has 0 spiro atoms. The van der Waals surface area contributed by atoms with Crippen molar-refractivity contribution in [1.29, 1.82) is 0 Å². The van der Waals surface area contributed by atoms with Crippen LogP contribution < -0.4 is 4.74 Å². The van der Waals surface area contributed by atoms with Crippen molar-refractivity contribution in [2.75, 3.05) is 0 Å². The predicted octanol–water partition coefficient (Wildman–Crippen LogP) is 6.48. The average molecular weight is 398 g/mol. The minimum absolute atomic E-state index is 0.774. The van der Waals surface area contributed by atoms with Gasteiger partial charge in [0, 0.05) is 15.4 Å². The zero-order valence-corrected chi connectivity index (χ0v) is 14.7. The van der Waals surface area contributed by atoms with Crippen LogP contribution in [-0.2, 0) is 11.8 Å². The van der Waals surface area contributed by atoms with E-state index in [1.54, 1.807) is 0 Å². The lowest BCUT2D eigenvalue weighted by Crippen LogP contribution is -1.90. The number of hydrogen-bond donors (Lipinski definition) is 0. The van der Waals surface area contributed by atoms with Gasteiger partial charge in [0.1, 0.15) is 11.5 Å². The molecule has 0 N–H and O–H groups in total. The standard InChI is InChI=1S/C17H18Br2O/c1-2-3-4-13-5-8-16(9-6-13)20-17-10-7-15(19)11-14(17)12-18/h5-11H,2-4,12H2,1H3. The van der Waals surface area contributed by atoms with Gasteiger partial charge in [0.25, 0.3) is 0 Å². The molecule has 0 saturated carbocycles. The second-order valence-electron chi connectivity index (χ2n) is 4.74. The zero-order chi connectivity index (χ0) is 14.4. The molecule has 0 amide bonds. The van der Waals surface area contributed by atoms with E-state index in [4.69, 9.17) is 4.74 Å². The third-order valence-electron chi connectivity index (χ3n) is 3.14. The fraction of sp³-hybridized carbons (Fsp3) is 0.294. The second kappa shape index (κ2) is 7.84. The van der Waals surface area contributed by atoms with E-state index in [1.165, 1.54) is 18.4 Å². The van der Waals surface area contributed by atoms with Gasteiger partial charge >= 0.3 is 0 Å². The maximum Gasteiger partial charge on any atom is 0.131 e. The highest BCUT2D eigenvalue weighted by molar-refractivity contribution is 9.10. The molecule has 0 fully saturated rings. The number of aryl methyl sites for hydroxylation is 1. The molecule has 0 heterocycles. The largest absolute Gasteiger partial charge is 0.457 e. The van der Waals surface area contributed by atoms with Crippen molar-refractivity contribution >= 4 is 31.9 Å². The molecule has 2 aromatic carbocycles. The van der Waals surface area contributed by atoms with E-state index < -0.39 is 0 Å². The Labute approximate surface area is 137 Å². The van der Waals surface area contributed by atoms with Gasteiger partial charge in [0.2, 0.25) is 0 Å². The first kappa shape index (κ1) is 15.6. The van der Waals surface area contributed by atoms with Crippen LogP contribution in [0, 0.1) is 0 Å². The summed E-state index contributed by atoms with van der Waals surface area (Å²) in [5, 5.41) is 0.774. The van der Waals surface area contributed by atoms with Crippen molar-refractivity contribution < 1.29 is 4.74 Å². The van der Waals surface area contributed by atoms with Crippen LogP contribution in [0.4, 0.5) is 0 Å². The third-order valence-corrected chi connectivity index (χ3v) is 4.23. The normalized spacial score (nSPS) is 10.6. The van der Waals surface area contributed by atoms with E-state index in [9.17, 15) is 0 Å². The summed E-state index contributed by atoms with van der Waals surface area (Å²) in [7, 11) is 0. The molecule has 2 rings (SSSR count). The van der Waals surface area contributed by atoms with Crippen LogP contribution in [0.25, 0.3) is 0 Å². The first-order valence-corrected chi connectivity index (χ1v) is 8.75. The molecule has 0 atom stereocenters. The molecule has 20 heavy (non-hydrogen) atoms. The van der Waals surface area contributed by atoms with E-state index in [0.29, 0.717) is 0 Å². The van der Waals surface area contributed by atoms with Crippen LogP contribution in [0.2, 0.25) is 0 Å². The Balaban J connectivity index is 2.10. The molecule has 0 bridgehead atoms. The average Bonchev–Trinajstić information content (AvgIpc) is 2.48. The molecule has 2 aromatic rings. The smallest absolute Gasteiger partial charge is 0.131 e. The Morgan fingerprint density at radius 2 is 1.80 bits per heavy atom. The Kier molecular flexibility index (Phi) is 6.11. The van der Waals surface area contributed by atoms with Crippen LogP contribution in [0.3, 0.4) is 0 Å². The van der Waals surface area contributed by atoms with Crippen molar-refractivity contribution in [3.8, 4) is 11.5 Å². The van der Waals surface area contributed by atoms with Gasteiger partial charge in [-0.15, -0.1) is 0 Å². The van der Waals surface area contributed by atoms with Crippen molar-refractivity contribution in [2.45, 2.75) is 31.5 Å². The zero-order valence-electron chi connectivity index (χ0n) is 11.5. The molecule has 106 valence electrons. The second-order valence-corrected chi connectivity index (χ2v) is 6.21. The maximum absolute atomic E-state index is 5.96. The summed E-state index contributed by atoms with van der Waals surface area (Å²) in [5.41, 5.74) is 2.50. The van der Waals surface area contributed by atoms with E-state index >= 15 is 0 Å². The number of benzene rings is 2. The van der Waals surface area contributed by atoms with Crippen LogP contribution in [0.5, 0.6) is 11.5 Å². The van der Waals surface area contributed by atoms with E-state index in [0.717, 1.165) is 33.3 Å². The van der Waals surface area contributed by atoms with E-state index in [-0.39, 0.29) is 0 Å².